The Hall–Kier alpha value is -2.14. The largest absolute Gasteiger partial charge is 0.508 e. The molecule has 1 amide bonds. The van der Waals surface area contributed by atoms with Gasteiger partial charge >= 0.3 is 0 Å². The van der Waals surface area contributed by atoms with Crippen molar-refractivity contribution in [1.29, 1.82) is 0 Å². The number of nitrogens with one attached hydrogen (secondary N) is 1. The molecular formula is C12H10N2O2S. The number of aromatic hydroxyl groups is 1. The normalized spacial score (nSPS) is 10.6. The van der Waals surface area contributed by atoms with Crippen LogP contribution in [0.3, 0.4) is 0 Å². The maximum absolute atomic E-state index is 11.6. The number of phenols is 1. The molecule has 0 aliphatic heterocycles. The van der Waals surface area contributed by atoms with E-state index in [0.29, 0.717) is 5.56 Å². The minimum absolute atomic E-state index is 0.0555. The van der Waals surface area contributed by atoms with Gasteiger partial charge in [0.15, 0.2) is 0 Å². The van der Waals surface area contributed by atoms with Crippen LogP contribution in [0.5, 0.6) is 5.75 Å². The molecule has 2 N–H and O–H groups in total. The quantitative estimate of drug-likeness (QED) is 0.644. The lowest BCUT2D eigenvalue weighted by atomic mass is 10.2. The van der Waals surface area contributed by atoms with Crippen molar-refractivity contribution in [3.63, 3.8) is 0 Å². The molecular weight excluding hydrogens is 236 g/mol. The summed E-state index contributed by atoms with van der Waals surface area (Å²) in [6, 6.07) is 9.91. The summed E-state index contributed by atoms with van der Waals surface area (Å²) in [6.45, 7) is 0. The zero-order valence-electron chi connectivity index (χ0n) is 8.83. The molecule has 2 rings (SSSR count). The predicted octanol–water partition coefficient (Wildman–Crippen LogP) is 2.22. The van der Waals surface area contributed by atoms with E-state index in [2.05, 4.69) is 10.5 Å². The van der Waals surface area contributed by atoms with E-state index in [9.17, 15) is 9.90 Å². The summed E-state index contributed by atoms with van der Waals surface area (Å²) in [4.78, 5) is 12.6. The number of thiophene rings is 1. The minimum Gasteiger partial charge on any atom is -0.508 e. The lowest BCUT2D eigenvalue weighted by Gasteiger charge is -1.99. The Balaban J connectivity index is 1.98. The molecule has 1 aromatic carbocycles. The summed E-state index contributed by atoms with van der Waals surface area (Å²) in [7, 11) is 0. The Morgan fingerprint density at radius 1 is 1.35 bits per heavy atom. The van der Waals surface area contributed by atoms with Crippen LogP contribution in [0.4, 0.5) is 0 Å². The van der Waals surface area contributed by atoms with E-state index < -0.39 is 0 Å². The van der Waals surface area contributed by atoms with Gasteiger partial charge in [-0.2, -0.15) is 5.10 Å². The van der Waals surface area contributed by atoms with Gasteiger partial charge in [0, 0.05) is 10.4 Å². The van der Waals surface area contributed by atoms with Crippen molar-refractivity contribution in [3.8, 4) is 5.75 Å². The molecule has 5 heteroatoms. The van der Waals surface area contributed by atoms with E-state index in [1.807, 2.05) is 17.5 Å². The molecule has 0 radical (unpaired) electrons. The molecule has 0 aliphatic carbocycles. The van der Waals surface area contributed by atoms with Gasteiger partial charge in [-0.05, 0) is 29.6 Å². The highest BCUT2D eigenvalue weighted by Crippen LogP contribution is 2.10. The monoisotopic (exact) mass is 246 g/mol. The molecule has 0 bridgehead atoms. The van der Waals surface area contributed by atoms with Crippen molar-refractivity contribution in [1.82, 2.24) is 5.43 Å². The molecule has 0 unspecified atom stereocenters. The Labute approximate surface area is 102 Å². The van der Waals surface area contributed by atoms with Crippen LogP contribution >= 0.6 is 11.3 Å². The van der Waals surface area contributed by atoms with E-state index in [4.69, 9.17) is 0 Å². The third-order valence-electron chi connectivity index (χ3n) is 2.01. The number of phenolic OH excluding ortho intramolecular Hbond substituents is 1. The first-order valence-corrected chi connectivity index (χ1v) is 5.79. The van der Waals surface area contributed by atoms with E-state index in [1.54, 1.807) is 18.3 Å². The summed E-state index contributed by atoms with van der Waals surface area (Å²) in [5.41, 5.74) is 2.76. The first-order chi connectivity index (χ1) is 8.25. The SMILES string of the molecule is O=C(N/N=C/c1cccs1)c1cccc(O)c1. The molecule has 0 aliphatic rings. The van der Waals surface area contributed by atoms with Gasteiger partial charge in [-0.15, -0.1) is 11.3 Å². The fraction of sp³-hybridized carbons (Fsp3) is 0. The summed E-state index contributed by atoms with van der Waals surface area (Å²) in [5.74, 6) is -0.298. The zero-order chi connectivity index (χ0) is 12.1. The Morgan fingerprint density at radius 2 is 2.24 bits per heavy atom. The molecule has 0 atom stereocenters. The van der Waals surface area contributed by atoms with Gasteiger partial charge in [-0.25, -0.2) is 5.43 Å². The van der Waals surface area contributed by atoms with Crippen molar-refractivity contribution >= 4 is 23.5 Å². The molecule has 1 aromatic heterocycles. The summed E-state index contributed by atoms with van der Waals surface area (Å²) in [5, 5.41) is 15.0. The number of hydrogen-bond donors (Lipinski definition) is 2. The number of amides is 1. The number of carbonyl (C=O) groups excluding carboxylic acids is 1. The van der Waals surface area contributed by atoms with Crippen LogP contribution in [0.25, 0.3) is 0 Å². The van der Waals surface area contributed by atoms with Gasteiger partial charge in [0.2, 0.25) is 0 Å². The standard InChI is InChI=1S/C12H10N2O2S/c15-10-4-1-3-9(7-10)12(16)14-13-8-11-5-2-6-17-11/h1-8,15H,(H,14,16)/b13-8+. The second-order valence-electron chi connectivity index (χ2n) is 3.26. The first kappa shape index (κ1) is 11.3. The van der Waals surface area contributed by atoms with Gasteiger partial charge in [0.25, 0.3) is 5.91 Å². The zero-order valence-corrected chi connectivity index (χ0v) is 9.65. The highest BCUT2D eigenvalue weighted by Gasteiger charge is 2.03. The Bertz CT molecular complexity index is 535. The number of nitrogens with zero attached hydrogens (tertiary/aromatic N) is 1. The maximum atomic E-state index is 11.6. The smallest absolute Gasteiger partial charge is 0.271 e. The summed E-state index contributed by atoms with van der Waals surface area (Å²) >= 11 is 1.53. The van der Waals surface area contributed by atoms with Crippen molar-refractivity contribution in [2.24, 2.45) is 5.10 Å². The Morgan fingerprint density at radius 3 is 2.94 bits per heavy atom. The highest BCUT2D eigenvalue weighted by atomic mass is 32.1. The molecule has 86 valence electrons. The number of carbonyl (C=O) groups is 1. The van der Waals surface area contributed by atoms with Gasteiger partial charge in [-0.1, -0.05) is 12.1 Å². The number of rotatable bonds is 3. The molecule has 0 spiro atoms. The van der Waals surface area contributed by atoms with Gasteiger partial charge in [-0.3, -0.25) is 4.79 Å². The van der Waals surface area contributed by atoms with Crippen LogP contribution in [-0.2, 0) is 0 Å². The fourth-order valence-electron chi connectivity index (χ4n) is 1.23. The Kier molecular flexibility index (Phi) is 3.52. The molecule has 17 heavy (non-hydrogen) atoms. The van der Waals surface area contributed by atoms with Crippen LogP contribution in [0.1, 0.15) is 15.2 Å². The van der Waals surface area contributed by atoms with Crippen LogP contribution < -0.4 is 5.43 Å². The summed E-state index contributed by atoms with van der Waals surface area (Å²) < 4.78 is 0. The molecule has 4 nitrogen and oxygen atoms in total. The van der Waals surface area contributed by atoms with Crippen molar-refractivity contribution in [2.75, 3.05) is 0 Å². The number of hydrogen-bond acceptors (Lipinski definition) is 4. The predicted molar refractivity (Wildman–Crippen MR) is 67.5 cm³/mol. The third-order valence-corrected chi connectivity index (χ3v) is 2.82. The summed E-state index contributed by atoms with van der Waals surface area (Å²) in [6.07, 6.45) is 1.57. The fourth-order valence-corrected chi connectivity index (χ4v) is 1.82. The van der Waals surface area contributed by atoms with Crippen LogP contribution in [0.2, 0.25) is 0 Å². The molecule has 1 heterocycles. The van der Waals surface area contributed by atoms with E-state index in [1.165, 1.54) is 23.5 Å². The van der Waals surface area contributed by atoms with E-state index >= 15 is 0 Å². The maximum Gasteiger partial charge on any atom is 0.271 e. The second kappa shape index (κ2) is 5.27. The van der Waals surface area contributed by atoms with Gasteiger partial charge in [0.1, 0.15) is 5.75 Å². The number of benzene rings is 1. The topological polar surface area (TPSA) is 61.7 Å². The van der Waals surface area contributed by atoms with Gasteiger partial charge < -0.3 is 5.11 Å². The molecule has 2 aromatic rings. The molecule has 0 saturated heterocycles. The lowest BCUT2D eigenvalue weighted by Crippen LogP contribution is -2.17. The minimum atomic E-state index is -0.353. The van der Waals surface area contributed by atoms with Crippen LogP contribution in [0.15, 0.2) is 46.9 Å². The second-order valence-corrected chi connectivity index (χ2v) is 4.24. The van der Waals surface area contributed by atoms with Crippen molar-refractivity contribution in [2.45, 2.75) is 0 Å². The average Bonchev–Trinajstić information content (AvgIpc) is 2.82. The van der Waals surface area contributed by atoms with Gasteiger partial charge in [0.05, 0.1) is 6.21 Å². The molecule has 0 fully saturated rings. The first-order valence-electron chi connectivity index (χ1n) is 4.91. The average molecular weight is 246 g/mol. The van der Waals surface area contributed by atoms with E-state index in [0.717, 1.165) is 4.88 Å². The highest BCUT2D eigenvalue weighted by molar-refractivity contribution is 7.11. The van der Waals surface area contributed by atoms with Crippen molar-refractivity contribution < 1.29 is 9.90 Å². The third kappa shape index (κ3) is 3.15. The van der Waals surface area contributed by atoms with Crippen LogP contribution in [0, 0.1) is 0 Å². The van der Waals surface area contributed by atoms with E-state index in [-0.39, 0.29) is 11.7 Å². The van der Waals surface area contributed by atoms with Crippen molar-refractivity contribution in [3.05, 3.63) is 52.2 Å². The van der Waals surface area contributed by atoms with Crippen LogP contribution in [-0.4, -0.2) is 17.2 Å². The lowest BCUT2D eigenvalue weighted by molar-refractivity contribution is 0.0954. The number of hydrazone groups is 1. The molecule has 0 saturated carbocycles.